The van der Waals surface area contributed by atoms with Gasteiger partial charge in [0.05, 0.1) is 5.69 Å². The zero-order valence-corrected chi connectivity index (χ0v) is 10.6. The molecule has 0 saturated heterocycles. The van der Waals surface area contributed by atoms with Crippen molar-refractivity contribution in [2.45, 2.75) is 27.7 Å². The third-order valence-electron chi connectivity index (χ3n) is 1.96. The third-order valence-corrected chi connectivity index (χ3v) is 2.71. The molecule has 0 unspecified atom stereocenters. The Balaban J connectivity index is 0.000000461. The second kappa shape index (κ2) is 4.60. The molecule has 0 aromatic carbocycles. The number of rotatable bonds is 0. The van der Waals surface area contributed by atoms with Crippen molar-refractivity contribution in [3.63, 3.8) is 0 Å². The van der Waals surface area contributed by atoms with Crippen LogP contribution in [-0.2, 0) is 0 Å². The summed E-state index contributed by atoms with van der Waals surface area (Å²) in [6, 6.07) is 4.14. The van der Waals surface area contributed by atoms with Gasteiger partial charge in [-0.2, -0.15) is 0 Å². The number of fused-ring (bicyclic) bond motifs is 1. The van der Waals surface area contributed by atoms with Crippen molar-refractivity contribution in [3.05, 3.63) is 34.2 Å². The van der Waals surface area contributed by atoms with Crippen LogP contribution in [0.5, 0.6) is 0 Å². The second-order valence-electron chi connectivity index (χ2n) is 2.92. The molecule has 2 aromatic rings. The second-order valence-corrected chi connectivity index (χ2v) is 3.67. The average Bonchev–Trinajstić information content (AvgIpc) is 2.45. The first-order valence-corrected chi connectivity index (χ1v) is 5.58. The molecule has 76 valence electrons. The van der Waals surface area contributed by atoms with Gasteiger partial charge in [-0.15, -0.1) is 0 Å². The molecule has 0 fully saturated rings. The maximum absolute atomic E-state index is 4.35. The Morgan fingerprint density at radius 1 is 1.29 bits per heavy atom. The molecule has 0 aliphatic carbocycles. The van der Waals surface area contributed by atoms with Gasteiger partial charge < -0.3 is 4.40 Å². The Labute approximate surface area is 93.1 Å². The third kappa shape index (κ3) is 1.98. The predicted molar refractivity (Wildman–Crippen MR) is 63.7 cm³/mol. The highest BCUT2D eigenvalue weighted by molar-refractivity contribution is 9.10. The molecule has 0 aliphatic rings. The van der Waals surface area contributed by atoms with E-state index in [0.717, 1.165) is 15.9 Å². The van der Waals surface area contributed by atoms with Gasteiger partial charge >= 0.3 is 0 Å². The van der Waals surface area contributed by atoms with Gasteiger partial charge in [-0.1, -0.05) is 13.8 Å². The number of hydrogen-bond acceptors (Lipinski definition) is 1. The smallest absolute Gasteiger partial charge is 0.138 e. The summed E-state index contributed by atoms with van der Waals surface area (Å²) < 4.78 is 2.99. The maximum Gasteiger partial charge on any atom is 0.138 e. The number of halogens is 1. The zero-order valence-electron chi connectivity index (χ0n) is 9.00. The molecule has 0 bridgehead atoms. The van der Waals surface area contributed by atoms with Crippen LogP contribution >= 0.6 is 15.9 Å². The van der Waals surface area contributed by atoms with Gasteiger partial charge in [-0.05, 0) is 47.5 Å². The summed E-state index contributed by atoms with van der Waals surface area (Å²) in [5.41, 5.74) is 3.38. The predicted octanol–water partition coefficient (Wildman–Crippen LogP) is 3.74. The highest BCUT2D eigenvalue weighted by atomic mass is 79.9. The first-order chi connectivity index (χ1) is 6.68. The highest BCUT2D eigenvalue weighted by Gasteiger charge is 2.03. The minimum Gasteiger partial charge on any atom is -0.303 e. The molecule has 0 spiro atoms. The van der Waals surface area contributed by atoms with Gasteiger partial charge in [0.25, 0.3) is 0 Å². The van der Waals surface area contributed by atoms with Crippen molar-refractivity contribution >= 4 is 21.6 Å². The lowest BCUT2D eigenvalue weighted by atomic mass is 10.3. The van der Waals surface area contributed by atoms with Crippen LogP contribution in [0.2, 0.25) is 0 Å². The molecule has 2 rings (SSSR count). The van der Waals surface area contributed by atoms with Gasteiger partial charge in [-0.3, -0.25) is 0 Å². The number of nitrogens with zero attached hydrogens (tertiary/aromatic N) is 2. The maximum atomic E-state index is 4.35. The Bertz CT molecular complexity index is 432. The molecule has 14 heavy (non-hydrogen) atoms. The first kappa shape index (κ1) is 11.2. The van der Waals surface area contributed by atoms with Crippen LogP contribution in [0.3, 0.4) is 0 Å². The van der Waals surface area contributed by atoms with E-state index in [4.69, 9.17) is 0 Å². The van der Waals surface area contributed by atoms with Crippen LogP contribution in [-0.4, -0.2) is 9.38 Å². The summed E-state index contributed by atoms with van der Waals surface area (Å²) in [4.78, 5) is 4.35. The van der Waals surface area contributed by atoms with E-state index in [1.807, 2.05) is 27.0 Å². The molecule has 0 atom stereocenters. The normalized spacial score (nSPS) is 9.79. The summed E-state index contributed by atoms with van der Waals surface area (Å²) in [6.07, 6.45) is 2.04. The van der Waals surface area contributed by atoms with Crippen LogP contribution in [0.25, 0.3) is 5.65 Å². The van der Waals surface area contributed by atoms with Crippen molar-refractivity contribution < 1.29 is 0 Å². The van der Waals surface area contributed by atoms with Crippen LogP contribution in [0, 0.1) is 13.8 Å². The number of aromatic nitrogens is 2. The molecule has 0 saturated carbocycles. The monoisotopic (exact) mass is 254 g/mol. The molecule has 2 heterocycles. The lowest BCUT2D eigenvalue weighted by Gasteiger charge is -1.95. The van der Waals surface area contributed by atoms with Gasteiger partial charge in [0.15, 0.2) is 0 Å². The van der Waals surface area contributed by atoms with E-state index in [1.165, 1.54) is 5.56 Å². The zero-order chi connectivity index (χ0) is 10.7. The van der Waals surface area contributed by atoms with E-state index >= 15 is 0 Å². The van der Waals surface area contributed by atoms with E-state index in [0.29, 0.717) is 0 Å². The van der Waals surface area contributed by atoms with Crippen LogP contribution in [0.15, 0.2) is 22.9 Å². The van der Waals surface area contributed by atoms with Crippen molar-refractivity contribution in [3.8, 4) is 0 Å². The fraction of sp³-hybridized carbons (Fsp3) is 0.364. The summed E-state index contributed by atoms with van der Waals surface area (Å²) in [7, 11) is 0. The molecular weight excluding hydrogens is 240 g/mol. The minimum absolute atomic E-state index is 0.924. The quantitative estimate of drug-likeness (QED) is 0.701. The fourth-order valence-corrected chi connectivity index (χ4v) is 1.61. The van der Waals surface area contributed by atoms with Crippen molar-refractivity contribution in [1.29, 1.82) is 0 Å². The standard InChI is InChI=1S/C9H9BrN2.C2H6/c1-6-3-4-12-7(2)9(10)11-8(12)5-6;1-2/h3-5H,1-2H3;1-2H3. The van der Waals surface area contributed by atoms with E-state index < -0.39 is 0 Å². The van der Waals surface area contributed by atoms with Crippen LogP contribution < -0.4 is 0 Å². The van der Waals surface area contributed by atoms with E-state index in [-0.39, 0.29) is 0 Å². The van der Waals surface area contributed by atoms with Gasteiger partial charge in [0.1, 0.15) is 10.3 Å². The summed E-state index contributed by atoms with van der Waals surface area (Å²) >= 11 is 3.40. The number of hydrogen-bond donors (Lipinski definition) is 0. The highest BCUT2D eigenvalue weighted by Crippen LogP contribution is 2.17. The molecule has 2 aromatic heterocycles. The summed E-state index contributed by atoms with van der Waals surface area (Å²) in [5, 5.41) is 0. The van der Waals surface area contributed by atoms with Gasteiger partial charge in [0.2, 0.25) is 0 Å². The summed E-state index contributed by atoms with van der Waals surface area (Å²) in [6.45, 7) is 8.11. The molecule has 2 nitrogen and oxygen atoms in total. The molecule has 0 radical (unpaired) electrons. The van der Waals surface area contributed by atoms with Crippen LogP contribution in [0.1, 0.15) is 25.1 Å². The number of pyridine rings is 1. The average molecular weight is 255 g/mol. The Morgan fingerprint density at radius 3 is 2.57 bits per heavy atom. The topological polar surface area (TPSA) is 17.3 Å². The molecule has 3 heteroatoms. The SMILES string of the molecule is CC.Cc1ccn2c(C)c(Br)nc2c1. The molecular formula is C11H15BrN2. The van der Waals surface area contributed by atoms with E-state index in [9.17, 15) is 0 Å². The lowest BCUT2D eigenvalue weighted by Crippen LogP contribution is -1.86. The summed E-state index contributed by atoms with van der Waals surface area (Å²) in [5.74, 6) is 0. The molecule has 0 amide bonds. The van der Waals surface area contributed by atoms with Crippen LogP contribution in [0.4, 0.5) is 0 Å². The lowest BCUT2D eigenvalue weighted by molar-refractivity contribution is 1.10. The number of imidazole rings is 1. The Hall–Kier alpha value is -0.830. The first-order valence-electron chi connectivity index (χ1n) is 4.79. The molecule has 0 N–H and O–H groups in total. The van der Waals surface area contributed by atoms with E-state index in [1.54, 1.807) is 0 Å². The largest absolute Gasteiger partial charge is 0.303 e. The minimum atomic E-state index is 0.924. The van der Waals surface area contributed by atoms with Crippen molar-refractivity contribution in [2.75, 3.05) is 0 Å². The van der Waals surface area contributed by atoms with Gasteiger partial charge in [0, 0.05) is 6.20 Å². The van der Waals surface area contributed by atoms with E-state index in [2.05, 4.69) is 44.4 Å². The van der Waals surface area contributed by atoms with Crippen molar-refractivity contribution in [1.82, 2.24) is 9.38 Å². The van der Waals surface area contributed by atoms with Gasteiger partial charge in [-0.25, -0.2) is 4.98 Å². The Morgan fingerprint density at radius 2 is 1.93 bits per heavy atom. The Kier molecular flexibility index (Phi) is 3.69. The molecule has 0 aliphatic heterocycles. The number of aryl methyl sites for hydroxylation is 2. The fourth-order valence-electron chi connectivity index (χ4n) is 1.24. The van der Waals surface area contributed by atoms with Crippen molar-refractivity contribution in [2.24, 2.45) is 0 Å².